The second-order valence-electron chi connectivity index (χ2n) is 7.80. The summed E-state index contributed by atoms with van der Waals surface area (Å²) in [5.41, 5.74) is 4.17. The molecule has 1 unspecified atom stereocenters. The summed E-state index contributed by atoms with van der Waals surface area (Å²) >= 11 is 0. The van der Waals surface area contributed by atoms with Gasteiger partial charge in [0.15, 0.2) is 0 Å². The molecule has 0 aliphatic carbocycles. The van der Waals surface area contributed by atoms with Crippen LogP contribution in [0.2, 0.25) is 0 Å². The van der Waals surface area contributed by atoms with E-state index in [2.05, 4.69) is 56.6 Å². The molecule has 1 amide bonds. The summed E-state index contributed by atoms with van der Waals surface area (Å²) in [5, 5.41) is 2.91. The van der Waals surface area contributed by atoms with Gasteiger partial charge in [-0.3, -0.25) is 19.7 Å². The normalized spacial score (nSPS) is 19.2. The monoisotopic (exact) mass is 386 g/mol. The maximum absolute atomic E-state index is 12.9. The highest BCUT2D eigenvalue weighted by molar-refractivity contribution is 5.83. The Bertz CT molecular complexity index is 961. The maximum atomic E-state index is 12.9. The Labute approximate surface area is 171 Å². The van der Waals surface area contributed by atoms with Gasteiger partial charge in [0, 0.05) is 44.9 Å². The highest BCUT2D eigenvalue weighted by Crippen LogP contribution is 2.36. The summed E-state index contributed by atoms with van der Waals surface area (Å²) < 4.78 is 0. The van der Waals surface area contributed by atoms with Gasteiger partial charge >= 0.3 is 0 Å². The van der Waals surface area contributed by atoms with Crippen LogP contribution in [-0.4, -0.2) is 40.9 Å². The van der Waals surface area contributed by atoms with Crippen molar-refractivity contribution in [2.24, 2.45) is 5.41 Å². The van der Waals surface area contributed by atoms with Gasteiger partial charge in [-0.25, -0.2) is 0 Å². The molecule has 0 bridgehead atoms. The van der Waals surface area contributed by atoms with Crippen LogP contribution >= 0.6 is 0 Å². The number of likely N-dealkylation sites (tertiary alicyclic amines) is 1. The number of benzene rings is 1. The number of hydrogen-bond donors (Lipinski definition) is 1. The summed E-state index contributed by atoms with van der Waals surface area (Å²) in [7, 11) is 1.74. The fraction of sp³-hybridized carbons (Fsp3) is 0.292. The quantitative estimate of drug-likeness (QED) is 0.706. The molecule has 5 heteroatoms. The lowest BCUT2D eigenvalue weighted by molar-refractivity contribution is -0.130. The molecule has 1 aliphatic rings. The number of nitrogens with zero attached hydrogens (tertiary/aromatic N) is 3. The maximum Gasteiger partial charge on any atom is 0.227 e. The molecular weight excluding hydrogens is 360 g/mol. The molecule has 3 aromatic rings. The number of amides is 1. The van der Waals surface area contributed by atoms with Crippen LogP contribution in [0.1, 0.15) is 17.5 Å². The molecule has 1 fully saturated rings. The summed E-state index contributed by atoms with van der Waals surface area (Å²) in [5.74, 6) is 0.123. The Hall–Kier alpha value is -3.05. The second kappa shape index (κ2) is 8.53. The number of aromatic nitrogens is 2. The van der Waals surface area contributed by atoms with Crippen molar-refractivity contribution >= 4 is 5.91 Å². The lowest BCUT2D eigenvalue weighted by Crippen LogP contribution is -2.43. The molecule has 1 saturated heterocycles. The van der Waals surface area contributed by atoms with Crippen molar-refractivity contribution < 1.29 is 4.79 Å². The minimum atomic E-state index is -0.412. The van der Waals surface area contributed by atoms with Crippen molar-refractivity contribution in [2.45, 2.75) is 19.4 Å². The molecule has 3 heterocycles. The van der Waals surface area contributed by atoms with E-state index in [9.17, 15) is 4.79 Å². The molecule has 29 heavy (non-hydrogen) atoms. The molecule has 148 valence electrons. The lowest BCUT2D eigenvalue weighted by Gasteiger charge is -2.28. The second-order valence-corrected chi connectivity index (χ2v) is 7.80. The van der Waals surface area contributed by atoms with Gasteiger partial charge in [-0.05, 0) is 53.8 Å². The Morgan fingerprint density at radius 2 is 1.79 bits per heavy atom. The highest BCUT2D eigenvalue weighted by Gasteiger charge is 2.44. The Kier molecular flexibility index (Phi) is 5.67. The van der Waals surface area contributed by atoms with E-state index in [4.69, 9.17) is 0 Å². The summed E-state index contributed by atoms with van der Waals surface area (Å²) in [6, 6.07) is 16.5. The first kappa shape index (κ1) is 19.3. The van der Waals surface area contributed by atoms with Gasteiger partial charge in [0.05, 0.1) is 5.41 Å². The SMILES string of the molecule is CNC(=O)C1(Cc2cccc(-c3cccnc3)c2)CCN(Cc2cccnc2)C1. The molecule has 4 rings (SSSR count). The number of pyridine rings is 2. The zero-order chi connectivity index (χ0) is 20.1. The smallest absolute Gasteiger partial charge is 0.227 e. The molecule has 0 saturated carbocycles. The molecule has 1 aliphatic heterocycles. The van der Waals surface area contributed by atoms with Gasteiger partial charge in [-0.2, -0.15) is 0 Å². The van der Waals surface area contributed by atoms with E-state index in [1.165, 1.54) is 11.1 Å². The van der Waals surface area contributed by atoms with Crippen molar-refractivity contribution in [1.82, 2.24) is 20.2 Å². The van der Waals surface area contributed by atoms with Crippen LogP contribution in [0.15, 0.2) is 73.3 Å². The number of carbonyl (C=O) groups excluding carboxylic acids is 1. The number of nitrogens with one attached hydrogen (secondary N) is 1. The molecule has 1 N–H and O–H groups in total. The van der Waals surface area contributed by atoms with E-state index in [-0.39, 0.29) is 5.91 Å². The van der Waals surface area contributed by atoms with E-state index >= 15 is 0 Å². The molecule has 0 radical (unpaired) electrons. The van der Waals surface area contributed by atoms with Crippen LogP contribution in [0.25, 0.3) is 11.1 Å². The summed E-state index contributed by atoms with van der Waals surface area (Å²) in [6.07, 6.45) is 8.92. The van der Waals surface area contributed by atoms with Gasteiger partial charge < -0.3 is 5.32 Å². The Morgan fingerprint density at radius 1 is 1.03 bits per heavy atom. The number of carbonyl (C=O) groups is 1. The predicted octanol–water partition coefficient (Wildman–Crippen LogP) is 3.32. The van der Waals surface area contributed by atoms with Gasteiger partial charge in [-0.1, -0.05) is 36.4 Å². The van der Waals surface area contributed by atoms with E-state index in [1.807, 2.05) is 24.5 Å². The fourth-order valence-electron chi connectivity index (χ4n) is 4.30. The van der Waals surface area contributed by atoms with Crippen LogP contribution < -0.4 is 5.32 Å². The topological polar surface area (TPSA) is 58.1 Å². The minimum Gasteiger partial charge on any atom is -0.359 e. The average Bonchev–Trinajstić information content (AvgIpc) is 3.18. The van der Waals surface area contributed by atoms with Crippen molar-refractivity contribution in [3.63, 3.8) is 0 Å². The molecule has 1 atom stereocenters. The van der Waals surface area contributed by atoms with Gasteiger partial charge in [-0.15, -0.1) is 0 Å². The van der Waals surface area contributed by atoms with Crippen molar-refractivity contribution in [1.29, 1.82) is 0 Å². The summed E-state index contributed by atoms with van der Waals surface area (Å²) in [6.45, 7) is 2.48. The van der Waals surface area contributed by atoms with Crippen LogP contribution in [0, 0.1) is 5.41 Å². The summed E-state index contributed by atoms with van der Waals surface area (Å²) in [4.78, 5) is 23.7. The predicted molar refractivity (Wildman–Crippen MR) is 114 cm³/mol. The first-order valence-corrected chi connectivity index (χ1v) is 10.0. The highest BCUT2D eigenvalue weighted by atomic mass is 16.2. The molecule has 0 spiro atoms. The van der Waals surface area contributed by atoms with Crippen molar-refractivity contribution in [3.8, 4) is 11.1 Å². The van der Waals surface area contributed by atoms with E-state index < -0.39 is 5.41 Å². The van der Waals surface area contributed by atoms with Crippen LogP contribution in [-0.2, 0) is 17.8 Å². The number of hydrogen-bond acceptors (Lipinski definition) is 4. The zero-order valence-electron chi connectivity index (χ0n) is 16.7. The standard InChI is InChI=1S/C24H26N4O/c1-25-23(29)24(9-12-28(18-24)17-20-6-3-10-26-15-20)14-19-5-2-7-21(13-19)22-8-4-11-27-16-22/h2-8,10-11,13,15-16H,9,12,14,17-18H2,1H3,(H,25,29). The molecule has 2 aromatic heterocycles. The molecule has 1 aromatic carbocycles. The van der Waals surface area contributed by atoms with Gasteiger partial charge in [0.25, 0.3) is 0 Å². The largest absolute Gasteiger partial charge is 0.359 e. The van der Waals surface area contributed by atoms with Crippen molar-refractivity contribution in [3.05, 3.63) is 84.4 Å². The van der Waals surface area contributed by atoms with Crippen LogP contribution in [0.5, 0.6) is 0 Å². The van der Waals surface area contributed by atoms with Gasteiger partial charge in [0.1, 0.15) is 0 Å². The third-order valence-corrected chi connectivity index (χ3v) is 5.73. The molecule has 5 nitrogen and oxygen atoms in total. The van der Waals surface area contributed by atoms with Crippen LogP contribution in [0.3, 0.4) is 0 Å². The third-order valence-electron chi connectivity index (χ3n) is 5.73. The zero-order valence-corrected chi connectivity index (χ0v) is 16.7. The van der Waals surface area contributed by atoms with Crippen molar-refractivity contribution in [2.75, 3.05) is 20.1 Å². The van der Waals surface area contributed by atoms with E-state index in [1.54, 1.807) is 19.4 Å². The van der Waals surface area contributed by atoms with E-state index in [0.29, 0.717) is 0 Å². The number of rotatable bonds is 6. The third kappa shape index (κ3) is 4.35. The van der Waals surface area contributed by atoms with Gasteiger partial charge in [0.2, 0.25) is 5.91 Å². The first-order chi connectivity index (χ1) is 14.2. The fourth-order valence-corrected chi connectivity index (χ4v) is 4.30. The lowest BCUT2D eigenvalue weighted by atomic mass is 9.79. The molecular formula is C24H26N4O. The van der Waals surface area contributed by atoms with E-state index in [0.717, 1.165) is 43.6 Å². The Balaban J connectivity index is 1.55. The van der Waals surface area contributed by atoms with Crippen LogP contribution in [0.4, 0.5) is 0 Å². The Morgan fingerprint density at radius 3 is 2.52 bits per heavy atom. The first-order valence-electron chi connectivity index (χ1n) is 10.0. The minimum absolute atomic E-state index is 0.123. The average molecular weight is 386 g/mol.